The molecular weight excluding hydrogens is 394 g/mol. The fourth-order valence-corrected chi connectivity index (χ4v) is 11.9. The van der Waals surface area contributed by atoms with Gasteiger partial charge < -0.3 is 9.22 Å². The van der Waals surface area contributed by atoms with E-state index < -0.39 is 8.24 Å². The summed E-state index contributed by atoms with van der Waals surface area (Å²) in [5, 5.41) is 2.19. The number of benzene rings is 2. The molecule has 0 radical (unpaired) electrons. The van der Waals surface area contributed by atoms with Gasteiger partial charge in [-0.2, -0.15) is 0 Å². The zero-order valence-corrected chi connectivity index (χ0v) is 19.7. The van der Waals surface area contributed by atoms with E-state index in [1.807, 2.05) is 12.1 Å². The number of hydrogen-bond donors (Lipinski definition) is 1. The Balaban J connectivity index is 0.000000212. The van der Waals surface area contributed by atoms with E-state index in [1.54, 1.807) is 24.4 Å². The lowest BCUT2D eigenvalue weighted by Gasteiger charge is -2.44. The van der Waals surface area contributed by atoms with E-state index in [4.69, 9.17) is 0 Å². The molecule has 2 aromatic heterocycles. The highest BCUT2D eigenvalue weighted by Gasteiger charge is 2.45. The van der Waals surface area contributed by atoms with E-state index in [1.165, 1.54) is 12.1 Å². The third kappa shape index (κ3) is 3.95. The van der Waals surface area contributed by atoms with Crippen LogP contribution >= 0.6 is 0 Å². The van der Waals surface area contributed by atoms with Crippen LogP contribution in [0.15, 0.2) is 60.9 Å². The first-order valence-corrected chi connectivity index (χ1v) is 12.9. The summed E-state index contributed by atoms with van der Waals surface area (Å²) in [5.41, 5.74) is 3.75. The number of nitrogens with zero attached hydrogens (tertiary/aromatic N) is 1. The molecule has 2 nitrogen and oxygen atoms in total. The molecule has 0 unspecified atom stereocenters. The largest absolute Gasteiger partial charge is 0.373 e. The number of aromatic nitrogens is 2. The minimum Gasteiger partial charge on any atom is -0.373 e. The fraction of sp³-hybridized carbons (Fsp3) is 0.360. The van der Waals surface area contributed by atoms with Crippen molar-refractivity contribution in [3.8, 4) is 0 Å². The number of H-pyrrole nitrogens is 1. The van der Waals surface area contributed by atoms with Crippen LogP contribution in [0.25, 0.3) is 21.8 Å². The van der Waals surface area contributed by atoms with Crippen molar-refractivity contribution >= 4 is 30.0 Å². The van der Waals surface area contributed by atoms with Crippen LogP contribution in [0.2, 0.25) is 16.6 Å². The van der Waals surface area contributed by atoms with Gasteiger partial charge in [-0.25, -0.2) is 8.78 Å². The summed E-state index contributed by atoms with van der Waals surface area (Å²) in [5.74, 6) is -0.341. The maximum atomic E-state index is 13.7. The lowest BCUT2D eigenvalue weighted by Crippen LogP contribution is -2.51. The van der Waals surface area contributed by atoms with Crippen LogP contribution in [0.5, 0.6) is 0 Å². The van der Waals surface area contributed by atoms with Gasteiger partial charge in [0.2, 0.25) is 0 Å². The van der Waals surface area contributed by atoms with E-state index in [-0.39, 0.29) is 11.6 Å². The second-order valence-corrected chi connectivity index (χ2v) is 14.7. The molecule has 2 aromatic carbocycles. The summed E-state index contributed by atoms with van der Waals surface area (Å²) in [6.45, 7) is 14.0. The van der Waals surface area contributed by atoms with Gasteiger partial charge in [0.05, 0.1) is 0 Å². The predicted molar refractivity (Wildman–Crippen MR) is 127 cm³/mol. The molecule has 4 aromatic rings. The number of aromatic amines is 1. The molecule has 2 heterocycles. The predicted octanol–water partition coefficient (Wildman–Crippen LogP) is 8.11. The summed E-state index contributed by atoms with van der Waals surface area (Å²) >= 11 is 0. The zero-order chi connectivity index (χ0) is 22.1. The molecule has 5 heteroatoms. The van der Waals surface area contributed by atoms with E-state index in [0.717, 1.165) is 21.8 Å². The van der Waals surface area contributed by atoms with Crippen LogP contribution in [-0.2, 0) is 0 Å². The Morgan fingerprint density at radius 2 is 1.30 bits per heavy atom. The van der Waals surface area contributed by atoms with Gasteiger partial charge in [0.25, 0.3) is 0 Å². The van der Waals surface area contributed by atoms with Crippen LogP contribution in [0, 0.1) is 11.6 Å². The molecule has 0 amide bonds. The van der Waals surface area contributed by atoms with Gasteiger partial charge in [-0.05, 0) is 82.1 Å². The van der Waals surface area contributed by atoms with Gasteiger partial charge >= 0.3 is 0 Å². The standard InChI is InChI=1S/C17H26FNSi.C8H6FN/c1-12(2)20(13(3)4,14(5)6)19-10-9-15-7-8-16(18)11-17(15)19;9-7-2-1-6-3-4-10-8(6)5-7/h7-14H,1-6H3;1-5,10H. The topological polar surface area (TPSA) is 20.7 Å². The summed E-state index contributed by atoms with van der Waals surface area (Å²) in [7, 11) is -1.79. The zero-order valence-electron chi connectivity index (χ0n) is 18.7. The van der Waals surface area contributed by atoms with E-state index in [0.29, 0.717) is 16.6 Å². The molecule has 0 fully saturated rings. The third-order valence-electron chi connectivity index (χ3n) is 6.36. The molecule has 0 spiro atoms. The monoisotopic (exact) mass is 426 g/mol. The first-order chi connectivity index (χ1) is 14.2. The van der Waals surface area contributed by atoms with Crippen LogP contribution in [0.3, 0.4) is 0 Å². The summed E-state index contributed by atoms with van der Waals surface area (Å²) < 4.78 is 28.6. The molecule has 0 saturated heterocycles. The SMILES string of the molecule is CC(C)[Si](C(C)C)(C(C)C)n1ccc2ccc(F)cc21.Fc1ccc2cc[nH]c2c1. The average Bonchev–Trinajstić information content (AvgIpc) is 3.28. The number of rotatable bonds is 4. The number of fused-ring (bicyclic) bond motifs is 2. The molecule has 0 atom stereocenters. The Morgan fingerprint density at radius 1 is 0.733 bits per heavy atom. The van der Waals surface area contributed by atoms with E-state index >= 15 is 0 Å². The Labute approximate surface area is 179 Å². The van der Waals surface area contributed by atoms with Crippen molar-refractivity contribution in [3.05, 3.63) is 72.6 Å². The number of nitrogens with one attached hydrogen (secondary N) is 1. The second kappa shape index (κ2) is 8.76. The highest BCUT2D eigenvalue weighted by Crippen LogP contribution is 2.44. The quantitative estimate of drug-likeness (QED) is 0.318. The van der Waals surface area contributed by atoms with Gasteiger partial charge in [-0.3, -0.25) is 0 Å². The van der Waals surface area contributed by atoms with Crippen molar-refractivity contribution in [2.75, 3.05) is 0 Å². The van der Waals surface area contributed by atoms with E-state index in [2.05, 4.69) is 63.0 Å². The maximum absolute atomic E-state index is 13.7. The van der Waals surface area contributed by atoms with Gasteiger partial charge in [-0.1, -0.05) is 41.5 Å². The Hall–Kier alpha value is -2.40. The lowest BCUT2D eigenvalue weighted by molar-refractivity contribution is 0.629. The molecule has 160 valence electrons. The summed E-state index contributed by atoms with van der Waals surface area (Å²) in [6, 6.07) is 13.9. The van der Waals surface area contributed by atoms with Crippen LogP contribution in [0.1, 0.15) is 41.5 Å². The lowest BCUT2D eigenvalue weighted by atomic mass is 10.2. The van der Waals surface area contributed by atoms with Crippen molar-refractivity contribution in [3.63, 3.8) is 0 Å². The van der Waals surface area contributed by atoms with Crippen molar-refractivity contribution in [1.82, 2.24) is 9.22 Å². The first kappa shape index (κ1) is 22.3. The smallest absolute Gasteiger partial charge is 0.169 e. The van der Waals surface area contributed by atoms with E-state index in [9.17, 15) is 8.78 Å². The minimum atomic E-state index is -1.79. The molecule has 0 aliphatic rings. The Morgan fingerprint density at radius 3 is 1.90 bits per heavy atom. The van der Waals surface area contributed by atoms with Crippen molar-refractivity contribution in [2.24, 2.45) is 0 Å². The fourth-order valence-electron chi connectivity index (χ4n) is 5.29. The molecule has 0 saturated carbocycles. The van der Waals surface area contributed by atoms with Crippen molar-refractivity contribution < 1.29 is 8.78 Å². The highest BCUT2D eigenvalue weighted by atomic mass is 28.3. The highest BCUT2D eigenvalue weighted by molar-refractivity contribution is 6.82. The Bertz CT molecular complexity index is 1100. The molecule has 0 aliphatic carbocycles. The molecule has 4 rings (SSSR count). The Kier molecular flexibility index (Phi) is 6.51. The third-order valence-corrected chi connectivity index (χ3v) is 13.1. The first-order valence-electron chi connectivity index (χ1n) is 10.7. The molecule has 1 N–H and O–H groups in total. The number of halogens is 2. The van der Waals surface area contributed by atoms with Crippen LogP contribution < -0.4 is 0 Å². The van der Waals surface area contributed by atoms with Gasteiger partial charge in [0, 0.05) is 17.2 Å². The van der Waals surface area contributed by atoms with Gasteiger partial charge in [0.1, 0.15) is 11.6 Å². The van der Waals surface area contributed by atoms with Gasteiger partial charge in [-0.15, -0.1) is 0 Å². The average molecular weight is 427 g/mol. The van der Waals surface area contributed by atoms with Crippen LogP contribution in [-0.4, -0.2) is 17.5 Å². The minimum absolute atomic E-state index is 0.142. The summed E-state index contributed by atoms with van der Waals surface area (Å²) in [4.78, 5) is 2.92. The number of hydrogen-bond acceptors (Lipinski definition) is 0. The summed E-state index contributed by atoms with van der Waals surface area (Å²) in [6.07, 6.45) is 3.99. The normalized spacial score (nSPS) is 12.2. The van der Waals surface area contributed by atoms with Crippen LogP contribution in [0.4, 0.5) is 8.78 Å². The molecular formula is C25H32F2N2Si. The molecule has 0 aliphatic heterocycles. The second-order valence-electron chi connectivity index (χ2n) is 8.95. The molecule has 30 heavy (non-hydrogen) atoms. The van der Waals surface area contributed by atoms with Gasteiger partial charge in [0.15, 0.2) is 8.24 Å². The van der Waals surface area contributed by atoms with Crippen molar-refractivity contribution in [1.29, 1.82) is 0 Å². The molecule has 0 bridgehead atoms. The maximum Gasteiger partial charge on any atom is 0.169 e. The van der Waals surface area contributed by atoms with Crippen molar-refractivity contribution in [2.45, 2.75) is 58.2 Å².